The van der Waals surface area contributed by atoms with Crippen LogP contribution in [0, 0.1) is 19.8 Å². The number of hydrogen-bond acceptors (Lipinski definition) is 8. The fourth-order valence-electron chi connectivity index (χ4n) is 5.18. The van der Waals surface area contributed by atoms with E-state index in [2.05, 4.69) is 41.6 Å². The van der Waals surface area contributed by atoms with Gasteiger partial charge < -0.3 is 39.5 Å². The highest BCUT2D eigenvalue weighted by Gasteiger charge is 2.30. The van der Waals surface area contributed by atoms with Crippen LogP contribution in [-0.2, 0) is 4.74 Å². The van der Waals surface area contributed by atoms with Crippen LogP contribution in [0.3, 0.4) is 0 Å². The molecule has 0 saturated carbocycles. The number of urea groups is 1. The number of likely N-dealkylation sites (N-methyl/N-ethyl adjacent to an activating group) is 1. The van der Waals surface area contributed by atoms with Crippen molar-refractivity contribution in [2.45, 2.75) is 85.5 Å². The van der Waals surface area contributed by atoms with Crippen molar-refractivity contribution in [3.63, 3.8) is 0 Å². The second kappa shape index (κ2) is 15.9. The summed E-state index contributed by atoms with van der Waals surface area (Å²) in [5, 5.41) is 19.6. The second-order valence-electron chi connectivity index (χ2n) is 11.6. The van der Waals surface area contributed by atoms with Gasteiger partial charge in [0.15, 0.2) is 5.76 Å². The average Bonchev–Trinajstić information content (AvgIpc) is 3.26. The van der Waals surface area contributed by atoms with Gasteiger partial charge in [0.1, 0.15) is 17.1 Å². The average molecular weight is 588 g/mol. The Morgan fingerprint density at radius 1 is 1.24 bits per heavy atom. The van der Waals surface area contributed by atoms with Crippen LogP contribution in [0.4, 0.5) is 16.2 Å². The number of aryl methyl sites for hydroxylation is 2. The fourth-order valence-corrected chi connectivity index (χ4v) is 5.18. The van der Waals surface area contributed by atoms with Crippen LogP contribution in [0.1, 0.15) is 75.2 Å². The summed E-state index contributed by atoms with van der Waals surface area (Å²) in [6.07, 6.45) is 3.51. The van der Waals surface area contributed by atoms with E-state index in [0.29, 0.717) is 47.3 Å². The van der Waals surface area contributed by atoms with Gasteiger partial charge in [0.05, 0.1) is 30.4 Å². The molecule has 0 radical (unpaired) electrons. The van der Waals surface area contributed by atoms with E-state index in [9.17, 15) is 14.7 Å². The molecule has 3 amide bonds. The number of aliphatic hydroxyl groups is 1. The SMILES string of the molecule is CCCN(C)C[C@H]1OCCCC[C@@H](C)Oc2ccc(NC(=O)Nc3c(C)noc3C)cc2C(=O)N([C@H](C)CO)C[C@@H]1C. The summed E-state index contributed by atoms with van der Waals surface area (Å²) in [6.45, 7) is 14.1. The number of carbonyl (C=O) groups excluding carboxylic acids is 2. The highest BCUT2D eigenvalue weighted by molar-refractivity contribution is 6.03. The van der Waals surface area contributed by atoms with Gasteiger partial charge in [-0.25, -0.2) is 4.79 Å². The predicted octanol–water partition coefficient (Wildman–Crippen LogP) is 5.07. The van der Waals surface area contributed by atoms with Crippen LogP contribution in [0.2, 0.25) is 0 Å². The number of amides is 3. The molecular weight excluding hydrogens is 538 g/mol. The van der Waals surface area contributed by atoms with Crippen LogP contribution >= 0.6 is 0 Å². The van der Waals surface area contributed by atoms with Crippen LogP contribution in [0.25, 0.3) is 0 Å². The Morgan fingerprint density at radius 2 is 2.00 bits per heavy atom. The number of rotatable bonds is 8. The molecule has 11 nitrogen and oxygen atoms in total. The molecular formula is C31H49N5O6. The number of anilines is 2. The zero-order valence-electron chi connectivity index (χ0n) is 26.2. The Labute approximate surface area is 249 Å². The van der Waals surface area contributed by atoms with Gasteiger partial charge in [0.2, 0.25) is 0 Å². The first-order valence-corrected chi connectivity index (χ1v) is 15.1. The summed E-state index contributed by atoms with van der Waals surface area (Å²) in [4.78, 5) is 31.0. The van der Waals surface area contributed by atoms with Crippen molar-refractivity contribution >= 4 is 23.3 Å². The molecule has 0 saturated heterocycles. The maximum Gasteiger partial charge on any atom is 0.323 e. The van der Waals surface area contributed by atoms with Crippen LogP contribution in [-0.4, -0.2) is 90.1 Å². The number of nitrogens with one attached hydrogen (secondary N) is 2. The van der Waals surface area contributed by atoms with Crippen molar-refractivity contribution in [3.8, 4) is 5.75 Å². The zero-order valence-corrected chi connectivity index (χ0v) is 26.2. The smallest absolute Gasteiger partial charge is 0.323 e. The van der Waals surface area contributed by atoms with Crippen LogP contribution < -0.4 is 15.4 Å². The molecule has 0 aliphatic carbocycles. The predicted molar refractivity (Wildman–Crippen MR) is 163 cm³/mol. The van der Waals surface area contributed by atoms with Crippen molar-refractivity contribution in [1.29, 1.82) is 0 Å². The van der Waals surface area contributed by atoms with Gasteiger partial charge in [0, 0.05) is 31.3 Å². The summed E-state index contributed by atoms with van der Waals surface area (Å²) in [5.41, 5.74) is 1.81. The van der Waals surface area contributed by atoms with Crippen molar-refractivity contribution < 1.29 is 28.7 Å². The third-order valence-electron chi connectivity index (χ3n) is 7.68. The monoisotopic (exact) mass is 587 g/mol. The molecule has 0 unspecified atom stereocenters. The van der Waals surface area contributed by atoms with Gasteiger partial charge in [-0.1, -0.05) is 19.0 Å². The summed E-state index contributed by atoms with van der Waals surface area (Å²) in [5.74, 6) is 0.670. The van der Waals surface area contributed by atoms with E-state index in [-0.39, 0.29) is 30.6 Å². The highest BCUT2D eigenvalue weighted by atomic mass is 16.5. The van der Waals surface area contributed by atoms with Gasteiger partial charge >= 0.3 is 6.03 Å². The molecule has 4 atom stereocenters. The van der Waals surface area contributed by atoms with Gasteiger partial charge in [-0.05, 0) is 85.2 Å². The van der Waals surface area contributed by atoms with Crippen LogP contribution in [0.5, 0.6) is 5.75 Å². The maximum absolute atomic E-state index is 14.2. The Bertz CT molecular complexity index is 1150. The third kappa shape index (κ3) is 9.17. The molecule has 1 aromatic heterocycles. The Morgan fingerprint density at radius 3 is 2.67 bits per heavy atom. The van der Waals surface area contributed by atoms with E-state index < -0.39 is 12.1 Å². The van der Waals surface area contributed by atoms with E-state index in [1.54, 1.807) is 36.9 Å². The standard InChI is InChI=1S/C31H49N5O6/c1-8-14-35(7)18-28-20(2)17-36(21(3)19-37)30(38)26-16-25(32-31(39)33-29-23(5)34-42-24(29)6)12-13-27(26)41-22(4)11-9-10-15-40-28/h12-13,16,20-22,28,37H,8-11,14-15,17-19H2,1-7H3,(H2,32,33,39)/t20-,21+,22+,28+/m0/s1. The van der Waals surface area contributed by atoms with Crippen molar-refractivity contribution in [3.05, 3.63) is 35.2 Å². The molecule has 42 heavy (non-hydrogen) atoms. The zero-order chi connectivity index (χ0) is 30.8. The Kier molecular flexibility index (Phi) is 12.6. The number of ether oxygens (including phenoxy) is 2. The maximum atomic E-state index is 14.2. The van der Waals surface area contributed by atoms with E-state index in [1.165, 1.54) is 0 Å². The lowest BCUT2D eigenvalue weighted by molar-refractivity contribution is -0.0167. The molecule has 0 fully saturated rings. The number of nitrogens with zero attached hydrogens (tertiary/aromatic N) is 3. The number of benzene rings is 1. The van der Waals surface area contributed by atoms with Crippen molar-refractivity contribution in [1.82, 2.24) is 15.0 Å². The lowest BCUT2D eigenvalue weighted by Crippen LogP contribution is -2.47. The fraction of sp³-hybridized carbons (Fsp3) is 0.645. The number of carbonyl (C=O) groups is 2. The molecule has 234 valence electrons. The van der Waals surface area contributed by atoms with Gasteiger partial charge in [-0.3, -0.25) is 4.79 Å². The minimum absolute atomic E-state index is 0.00984. The first kappa shape index (κ1) is 33.4. The second-order valence-corrected chi connectivity index (χ2v) is 11.6. The van der Waals surface area contributed by atoms with E-state index in [0.717, 1.165) is 38.8 Å². The summed E-state index contributed by atoms with van der Waals surface area (Å²) >= 11 is 0. The molecule has 1 aliphatic rings. The molecule has 0 bridgehead atoms. The van der Waals surface area contributed by atoms with Crippen molar-refractivity contribution in [2.75, 3.05) is 50.5 Å². The lowest BCUT2D eigenvalue weighted by Gasteiger charge is -2.35. The van der Waals surface area contributed by atoms with Crippen molar-refractivity contribution in [2.24, 2.45) is 5.92 Å². The molecule has 11 heteroatoms. The summed E-state index contributed by atoms with van der Waals surface area (Å²) in [7, 11) is 2.09. The van der Waals surface area contributed by atoms with Crippen LogP contribution in [0.15, 0.2) is 22.7 Å². The molecule has 3 N–H and O–H groups in total. The topological polar surface area (TPSA) is 129 Å². The normalized spacial score (nSPS) is 21.3. The van der Waals surface area contributed by atoms with E-state index in [4.69, 9.17) is 14.0 Å². The lowest BCUT2D eigenvalue weighted by atomic mass is 10.0. The molecule has 2 aromatic rings. The summed E-state index contributed by atoms with van der Waals surface area (Å²) in [6, 6.07) is 4.14. The number of aromatic nitrogens is 1. The minimum atomic E-state index is -0.489. The number of fused-ring (bicyclic) bond motifs is 1. The largest absolute Gasteiger partial charge is 0.490 e. The summed E-state index contributed by atoms with van der Waals surface area (Å²) < 4.78 is 17.8. The molecule has 0 spiro atoms. The van der Waals surface area contributed by atoms with E-state index >= 15 is 0 Å². The number of aliphatic hydroxyl groups excluding tert-OH is 1. The third-order valence-corrected chi connectivity index (χ3v) is 7.68. The Hall–Kier alpha value is -3.15. The number of hydrogen-bond donors (Lipinski definition) is 3. The van der Waals surface area contributed by atoms with E-state index in [1.807, 2.05) is 13.8 Å². The molecule has 1 aromatic carbocycles. The Balaban J connectivity index is 1.93. The molecule has 1 aliphatic heterocycles. The highest BCUT2D eigenvalue weighted by Crippen LogP contribution is 2.29. The van der Waals surface area contributed by atoms with Gasteiger partial charge in [0.25, 0.3) is 5.91 Å². The molecule has 3 rings (SSSR count). The minimum Gasteiger partial charge on any atom is -0.490 e. The van der Waals surface area contributed by atoms with Gasteiger partial charge in [-0.15, -0.1) is 0 Å². The quantitative estimate of drug-likeness (QED) is 0.390. The first-order chi connectivity index (χ1) is 20.0. The molecule has 2 heterocycles. The first-order valence-electron chi connectivity index (χ1n) is 15.1. The van der Waals surface area contributed by atoms with Gasteiger partial charge in [-0.2, -0.15) is 0 Å².